The average molecular weight is 239 g/mol. The molecule has 0 aromatic rings. The van der Waals surface area contributed by atoms with E-state index in [2.05, 4.69) is 23.6 Å². The third-order valence-corrected chi connectivity index (χ3v) is 4.84. The maximum Gasteiger partial charge on any atom is 0.0139 e. The summed E-state index contributed by atoms with van der Waals surface area (Å²) in [6, 6.07) is 0.766. The lowest BCUT2D eigenvalue weighted by atomic mass is 9.78. The predicted molar refractivity (Wildman–Crippen MR) is 73.0 cm³/mol. The SMILES string of the molecule is CCN1CCN(C2CC(C)CCC2CN)CC1. The highest BCUT2D eigenvalue weighted by molar-refractivity contribution is 4.88. The number of hydrogen-bond acceptors (Lipinski definition) is 3. The van der Waals surface area contributed by atoms with Crippen molar-refractivity contribution in [2.24, 2.45) is 17.6 Å². The first kappa shape index (κ1) is 13.3. The van der Waals surface area contributed by atoms with Crippen LogP contribution in [0.3, 0.4) is 0 Å². The zero-order chi connectivity index (χ0) is 12.3. The molecule has 1 saturated heterocycles. The third-order valence-electron chi connectivity index (χ3n) is 4.84. The molecule has 2 fully saturated rings. The first-order valence-electron chi connectivity index (χ1n) is 7.41. The summed E-state index contributed by atoms with van der Waals surface area (Å²) in [6.07, 6.45) is 4.09. The van der Waals surface area contributed by atoms with Gasteiger partial charge in [0.1, 0.15) is 0 Å². The normalized spacial score (nSPS) is 37.2. The van der Waals surface area contributed by atoms with Crippen LogP contribution in [0.4, 0.5) is 0 Å². The molecule has 3 heteroatoms. The van der Waals surface area contributed by atoms with Gasteiger partial charge >= 0.3 is 0 Å². The van der Waals surface area contributed by atoms with E-state index in [0.29, 0.717) is 0 Å². The van der Waals surface area contributed by atoms with Crippen LogP contribution in [0, 0.1) is 11.8 Å². The molecule has 2 aliphatic rings. The fourth-order valence-corrected chi connectivity index (χ4v) is 3.55. The third kappa shape index (κ3) is 3.21. The molecular formula is C14H29N3. The first-order valence-corrected chi connectivity index (χ1v) is 7.41. The molecule has 0 aromatic carbocycles. The maximum absolute atomic E-state index is 5.96. The topological polar surface area (TPSA) is 32.5 Å². The number of hydrogen-bond donors (Lipinski definition) is 1. The quantitative estimate of drug-likeness (QED) is 0.808. The van der Waals surface area contributed by atoms with Gasteiger partial charge < -0.3 is 10.6 Å². The molecule has 0 bridgehead atoms. The molecule has 2 rings (SSSR count). The smallest absolute Gasteiger partial charge is 0.0139 e. The molecule has 3 nitrogen and oxygen atoms in total. The number of nitrogens with zero attached hydrogens (tertiary/aromatic N) is 2. The highest BCUT2D eigenvalue weighted by Crippen LogP contribution is 2.32. The van der Waals surface area contributed by atoms with E-state index in [1.807, 2.05) is 0 Å². The van der Waals surface area contributed by atoms with Crippen molar-refractivity contribution in [1.82, 2.24) is 9.80 Å². The van der Waals surface area contributed by atoms with Crippen molar-refractivity contribution in [3.05, 3.63) is 0 Å². The molecule has 1 heterocycles. The Balaban J connectivity index is 1.90. The Hall–Kier alpha value is -0.120. The summed E-state index contributed by atoms with van der Waals surface area (Å²) in [4.78, 5) is 5.28. The Labute approximate surface area is 106 Å². The van der Waals surface area contributed by atoms with E-state index in [9.17, 15) is 0 Å². The van der Waals surface area contributed by atoms with Gasteiger partial charge in [0.25, 0.3) is 0 Å². The fraction of sp³-hybridized carbons (Fsp3) is 1.00. The van der Waals surface area contributed by atoms with Gasteiger partial charge in [0.2, 0.25) is 0 Å². The van der Waals surface area contributed by atoms with Gasteiger partial charge in [-0.05, 0) is 37.8 Å². The lowest BCUT2D eigenvalue weighted by molar-refractivity contribution is 0.0414. The molecule has 1 saturated carbocycles. The lowest BCUT2D eigenvalue weighted by Gasteiger charge is -2.45. The van der Waals surface area contributed by atoms with Crippen molar-refractivity contribution >= 4 is 0 Å². The summed E-state index contributed by atoms with van der Waals surface area (Å²) >= 11 is 0. The molecule has 3 unspecified atom stereocenters. The van der Waals surface area contributed by atoms with E-state index < -0.39 is 0 Å². The monoisotopic (exact) mass is 239 g/mol. The molecule has 0 aromatic heterocycles. The second kappa shape index (κ2) is 6.17. The van der Waals surface area contributed by atoms with Crippen LogP contribution in [0.2, 0.25) is 0 Å². The van der Waals surface area contributed by atoms with Gasteiger partial charge in [-0.1, -0.05) is 20.3 Å². The second-order valence-corrected chi connectivity index (χ2v) is 5.95. The van der Waals surface area contributed by atoms with Crippen LogP contribution >= 0.6 is 0 Å². The van der Waals surface area contributed by atoms with Crippen LogP contribution in [0.15, 0.2) is 0 Å². The molecule has 3 atom stereocenters. The Kier molecular flexibility index (Phi) is 4.83. The van der Waals surface area contributed by atoms with Gasteiger partial charge in [-0.15, -0.1) is 0 Å². The van der Waals surface area contributed by atoms with Crippen LogP contribution < -0.4 is 5.73 Å². The minimum Gasteiger partial charge on any atom is -0.330 e. The number of nitrogens with two attached hydrogens (primary N) is 1. The van der Waals surface area contributed by atoms with Gasteiger partial charge in [0, 0.05) is 32.2 Å². The summed E-state index contributed by atoms with van der Waals surface area (Å²) in [5, 5.41) is 0. The Morgan fingerprint density at radius 1 is 1.12 bits per heavy atom. The molecule has 1 aliphatic heterocycles. The number of rotatable bonds is 3. The van der Waals surface area contributed by atoms with Crippen LogP contribution in [0.5, 0.6) is 0 Å². The second-order valence-electron chi connectivity index (χ2n) is 5.95. The van der Waals surface area contributed by atoms with Crippen LogP contribution in [0.1, 0.15) is 33.1 Å². The van der Waals surface area contributed by atoms with E-state index in [1.165, 1.54) is 52.0 Å². The molecule has 0 amide bonds. The summed E-state index contributed by atoms with van der Waals surface area (Å²) in [6.45, 7) is 11.8. The Morgan fingerprint density at radius 3 is 2.41 bits per heavy atom. The average Bonchev–Trinajstić information content (AvgIpc) is 2.39. The molecule has 0 radical (unpaired) electrons. The first-order chi connectivity index (χ1) is 8.24. The largest absolute Gasteiger partial charge is 0.330 e. The lowest BCUT2D eigenvalue weighted by Crippen LogP contribution is -2.54. The van der Waals surface area contributed by atoms with Crippen LogP contribution in [0.25, 0.3) is 0 Å². The van der Waals surface area contributed by atoms with Crippen molar-refractivity contribution in [3.8, 4) is 0 Å². The van der Waals surface area contributed by atoms with E-state index in [-0.39, 0.29) is 0 Å². The minimum atomic E-state index is 0.749. The van der Waals surface area contributed by atoms with Crippen LogP contribution in [-0.4, -0.2) is 55.1 Å². The summed E-state index contributed by atoms with van der Waals surface area (Å²) in [5.74, 6) is 1.64. The van der Waals surface area contributed by atoms with E-state index in [4.69, 9.17) is 5.73 Å². The zero-order valence-electron chi connectivity index (χ0n) is 11.6. The highest BCUT2D eigenvalue weighted by atomic mass is 15.3. The molecule has 1 aliphatic carbocycles. The highest BCUT2D eigenvalue weighted by Gasteiger charge is 2.33. The van der Waals surface area contributed by atoms with Crippen molar-refractivity contribution in [2.45, 2.75) is 39.2 Å². The molecular weight excluding hydrogens is 210 g/mol. The molecule has 17 heavy (non-hydrogen) atoms. The Morgan fingerprint density at radius 2 is 1.82 bits per heavy atom. The Bertz CT molecular complexity index is 224. The summed E-state index contributed by atoms with van der Waals surface area (Å²) < 4.78 is 0. The van der Waals surface area contributed by atoms with Crippen molar-refractivity contribution in [3.63, 3.8) is 0 Å². The standard InChI is InChI=1S/C14H29N3/c1-3-16-6-8-17(9-7-16)14-10-12(2)4-5-13(14)11-15/h12-14H,3-11,15H2,1-2H3. The van der Waals surface area contributed by atoms with Crippen molar-refractivity contribution < 1.29 is 0 Å². The van der Waals surface area contributed by atoms with E-state index in [0.717, 1.165) is 24.4 Å². The van der Waals surface area contributed by atoms with Crippen molar-refractivity contribution in [1.29, 1.82) is 0 Å². The van der Waals surface area contributed by atoms with Gasteiger partial charge in [-0.3, -0.25) is 4.90 Å². The van der Waals surface area contributed by atoms with Crippen molar-refractivity contribution in [2.75, 3.05) is 39.3 Å². The maximum atomic E-state index is 5.96. The number of piperazine rings is 1. The molecule has 0 spiro atoms. The predicted octanol–water partition coefficient (Wildman–Crippen LogP) is 1.39. The molecule has 100 valence electrons. The van der Waals surface area contributed by atoms with Gasteiger partial charge in [0.05, 0.1) is 0 Å². The van der Waals surface area contributed by atoms with E-state index in [1.54, 1.807) is 0 Å². The van der Waals surface area contributed by atoms with Gasteiger partial charge in [-0.2, -0.15) is 0 Å². The van der Waals surface area contributed by atoms with Crippen LogP contribution in [-0.2, 0) is 0 Å². The van der Waals surface area contributed by atoms with Gasteiger partial charge in [-0.25, -0.2) is 0 Å². The summed E-state index contributed by atoms with van der Waals surface area (Å²) in [7, 11) is 0. The fourth-order valence-electron chi connectivity index (χ4n) is 3.55. The zero-order valence-corrected chi connectivity index (χ0v) is 11.6. The minimum absolute atomic E-state index is 0.749. The molecule has 2 N–H and O–H groups in total. The van der Waals surface area contributed by atoms with Gasteiger partial charge in [0.15, 0.2) is 0 Å². The number of likely N-dealkylation sites (N-methyl/N-ethyl adjacent to an activating group) is 1. The summed E-state index contributed by atoms with van der Waals surface area (Å²) in [5.41, 5.74) is 5.96. The van der Waals surface area contributed by atoms with E-state index >= 15 is 0 Å².